The van der Waals surface area contributed by atoms with Crippen LogP contribution in [-0.4, -0.2) is 37.4 Å². The molecular formula is C22H22N2O5S. The van der Waals surface area contributed by atoms with Gasteiger partial charge in [-0.25, -0.2) is 4.98 Å². The summed E-state index contributed by atoms with van der Waals surface area (Å²) in [5, 5.41) is 5.07. The number of nitrogens with zero attached hydrogens (tertiary/aromatic N) is 1. The molecule has 1 saturated heterocycles. The molecule has 0 atom stereocenters. The molecule has 0 unspecified atom stereocenters. The third-order valence-electron chi connectivity index (χ3n) is 5.68. The zero-order valence-corrected chi connectivity index (χ0v) is 17.2. The van der Waals surface area contributed by atoms with Crippen molar-refractivity contribution in [2.24, 2.45) is 0 Å². The molecule has 0 bridgehead atoms. The summed E-state index contributed by atoms with van der Waals surface area (Å²) in [6.07, 6.45) is 3.40. The summed E-state index contributed by atoms with van der Waals surface area (Å²) in [6.45, 7) is 2.11. The van der Waals surface area contributed by atoms with Crippen molar-refractivity contribution in [1.29, 1.82) is 0 Å². The van der Waals surface area contributed by atoms with Gasteiger partial charge >= 0.3 is 0 Å². The molecule has 1 amide bonds. The quantitative estimate of drug-likeness (QED) is 0.649. The average Bonchev–Trinajstić information content (AvgIpc) is 3.53. The van der Waals surface area contributed by atoms with Gasteiger partial charge < -0.3 is 23.9 Å². The maximum atomic E-state index is 12.6. The van der Waals surface area contributed by atoms with E-state index in [9.17, 15) is 4.79 Å². The molecule has 1 fully saturated rings. The van der Waals surface area contributed by atoms with Crippen molar-refractivity contribution in [3.8, 4) is 22.3 Å². The molecule has 2 aliphatic rings. The molecule has 8 heteroatoms. The van der Waals surface area contributed by atoms with E-state index in [4.69, 9.17) is 18.6 Å². The van der Waals surface area contributed by atoms with Gasteiger partial charge in [-0.2, -0.15) is 0 Å². The van der Waals surface area contributed by atoms with E-state index in [1.54, 1.807) is 17.6 Å². The second-order valence-electron chi connectivity index (χ2n) is 7.54. The van der Waals surface area contributed by atoms with Crippen molar-refractivity contribution in [3.63, 3.8) is 0 Å². The topological polar surface area (TPSA) is 82.8 Å². The minimum absolute atomic E-state index is 0.0763. The van der Waals surface area contributed by atoms with Crippen LogP contribution in [0.5, 0.6) is 11.5 Å². The molecule has 0 radical (unpaired) electrons. The van der Waals surface area contributed by atoms with E-state index in [1.165, 1.54) is 0 Å². The summed E-state index contributed by atoms with van der Waals surface area (Å²) in [6, 6.07) is 9.93. The first-order valence-electron chi connectivity index (χ1n) is 9.95. The van der Waals surface area contributed by atoms with Crippen LogP contribution >= 0.6 is 11.3 Å². The largest absolute Gasteiger partial charge is 0.454 e. The van der Waals surface area contributed by atoms with E-state index < -0.39 is 0 Å². The van der Waals surface area contributed by atoms with Crippen molar-refractivity contribution >= 4 is 17.2 Å². The van der Waals surface area contributed by atoms with Crippen molar-refractivity contribution in [2.45, 2.75) is 24.7 Å². The number of carbonyl (C=O) groups excluding carboxylic acids is 1. The number of oxazole rings is 1. The van der Waals surface area contributed by atoms with Gasteiger partial charge in [-0.05, 0) is 42.0 Å². The van der Waals surface area contributed by atoms with E-state index in [-0.39, 0.29) is 24.5 Å². The van der Waals surface area contributed by atoms with E-state index in [0.717, 1.165) is 34.8 Å². The number of amides is 1. The highest BCUT2D eigenvalue weighted by molar-refractivity contribution is 7.13. The fourth-order valence-electron chi connectivity index (χ4n) is 3.95. The number of nitrogens with one attached hydrogen (secondary N) is 1. The van der Waals surface area contributed by atoms with Crippen LogP contribution in [0.15, 0.2) is 46.4 Å². The molecule has 4 heterocycles. The molecule has 0 aliphatic carbocycles. The Balaban J connectivity index is 1.27. The number of carbonyl (C=O) groups is 1. The summed E-state index contributed by atoms with van der Waals surface area (Å²) in [4.78, 5) is 18.0. The Morgan fingerprint density at radius 2 is 2.03 bits per heavy atom. The third kappa shape index (κ3) is 3.80. The van der Waals surface area contributed by atoms with Crippen LogP contribution in [0.2, 0.25) is 0 Å². The normalized spacial score (nSPS) is 17.1. The zero-order valence-electron chi connectivity index (χ0n) is 16.4. The van der Waals surface area contributed by atoms with Crippen LogP contribution in [0.1, 0.15) is 24.1 Å². The molecule has 156 valence electrons. The molecule has 1 aromatic carbocycles. The molecule has 1 N–H and O–H groups in total. The van der Waals surface area contributed by atoms with E-state index in [0.29, 0.717) is 31.3 Å². The van der Waals surface area contributed by atoms with Crippen LogP contribution in [0.25, 0.3) is 10.8 Å². The van der Waals surface area contributed by atoms with Crippen LogP contribution in [0, 0.1) is 0 Å². The van der Waals surface area contributed by atoms with Gasteiger partial charge in [-0.1, -0.05) is 12.1 Å². The summed E-state index contributed by atoms with van der Waals surface area (Å²) < 4.78 is 22.1. The van der Waals surface area contributed by atoms with Gasteiger partial charge in [0, 0.05) is 25.2 Å². The molecule has 2 aliphatic heterocycles. The SMILES string of the molecule is O=C(Cc1coc(-c2cccs2)n1)NCC1(c2ccc3c(c2)OCO3)CCOCC1. The molecule has 2 aromatic heterocycles. The Kier molecular flexibility index (Phi) is 5.18. The molecule has 0 saturated carbocycles. The lowest BCUT2D eigenvalue weighted by Gasteiger charge is -2.38. The van der Waals surface area contributed by atoms with Gasteiger partial charge in [-0.3, -0.25) is 4.79 Å². The van der Waals surface area contributed by atoms with Crippen molar-refractivity contribution in [2.75, 3.05) is 26.6 Å². The predicted octanol–water partition coefficient (Wildman–Crippen LogP) is 3.54. The Labute approximate surface area is 178 Å². The van der Waals surface area contributed by atoms with Crippen LogP contribution < -0.4 is 14.8 Å². The molecule has 7 nitrogen and oxygen atoms in total. The van der Waals surface area contributed by atoms with E-state index in [1.807, 2.05) is 29.6 Å². The van der Waals surface area contributed by atoms with E-state index >= 15 is 0 Å². The fraction of sp³-hybridized carbons (Fsp3) is 0.364. The van der Waals surface area contributed by atoms with Gasteiger partial charge in [0.2, 0.25) is 18.6 Å². The van der Waals surface area contributed by atoms with Gasteiger partial charge in [0.1, 0.15) is 6.26 Å². The van der Waals surface area contributed by atoms with Crippen molar-refractivity contribution < 1.29 is 23.4 Å². The Hall–Kier alpha value is -2.84. The van der Waals surface area contributed by atoms with Gasteiger partial charge in [-0.15, -0.1) is 11.3 Å². The minimum Gasteiger partial charge on any atom is -0.454 e. The number of hydrogen-bond donors (Lipinski definition) is 1. The first-order valence-corrected chi connectivity index (χ1v) is 10.8. The molecule has 3 aromatic rings. The summed E-state index contributed by atoms with van der Waals surface area (Å²) in [5.41, 5.74) is 1.57. The fourth-order valence-corrected chi connectivity index (χ4v) is 4.61. The monoisotopic (exact) mass is 426 g/mol. The van der Waals surface area contributed by atoms with Crippen molar-refractivity contribution in [3.05, 3.63) is 53.2 Å². The lowest BCUT2D eigenvalue weighted by atomic mass is 9.74. The third-order valence-corrected chi connectivity index (χ3v) is 6.54. The summed E-state index contributed by atoms with van der Waals surface area (Å²) in [5.74, 6) is 1.99. The van der Waals surface area contributed by atoms with Crippen LogP contribution in [0.3, 0.4) is 0 Å². The Morgan fingerprint density at radius 1 is 1.17 bits per heavy atom. The minimum atomic E-state index is -0.194. The number of fused-ring (bicyclic) bond motifs is 1. The smallest absolute Gasteiger partial charge is 0.236 e. The number of hydrogen-bond acceptors (Lipinski definition) is 7. The van der Waals surface area contributed by atoms with Gasteiger partial charge in [0.15, 0.2) is 11.5 Å². The molecule has 5 rings (SSSR count). The second-order valence-corrected chi connectivity index (χ2v) is 8.48. The Morgan fingerprint density at radius 3 is 2.87 bits per heavy atom. The average molecular weight is 426 g/mol. The zero-order chi connectivity index (χ0) is 20.4. The number of ether oxygens (including phenoxy) is 3. The molecule has 30 heavy (non-hydrogen) atoms. The number of aromatic nitrogens is 1. The van der Waals surface area contributed by atoms with Gasteiger partial charge in [0.25, 0.3) is 0 Å². The number of rotatable bonds is 6. The second kappa shape index (κ2) is 8.12. The lowest BCUT2D eigenvalue weighted by molar-refractivity contribution is -0.121. The predicted molar refractivity (Wildman–Crippen MR) is 111 cm³/mol. The highest BCUT2D eigenvalue weighted by Crippen LogP contribution is 2.40. The molecule has 0 spiro atoms. The highest BCUT2D eigenvalue weighted by atomic mass is 32.1. The number of thiophene rings is 1. The van der Waals surface area contributed by atoms with Crippen LogP contribution in [0.4, 0.5) is 0 Å². The Bertz CT molecular complexity index is 1020. The first-order chi connectivity index (χ1) is 14.7. The first kappa shape index (κ1) is 19.1. The highest BCUT2D eigenvalue weighted by Gasteiger charge is 2.36. The summed E-state index contributed by atoms with van der Waals surface area (Å²) in [7, 11) is 0. The lowest BCUT2D eigenvalue weighted by Crippen LogP contribution is -2.45. The standard InChI is InChI=1S/C22H22N2O5S/c25-20(11-16-12-27-21(24-16)19-2-1-9-30-19)23-13-22(5-7-26-8-6-22)15-3-4-17-18(10-15)29-14-28-17/h1-4,9-10,12H,5-8,11,13-14H2,(H,23,25). The maximum Gasteiger partial charge on any atom is 0.236 e. The number of benzene rings is 1. The van der Waals surface area contributed by atoms with E-state index in [2.05, 4.69) is 16.4 Å². The summed E-state index contributed by atoms with van der Waals surface area (Å²) >= 11 is 1.55. The van der Waals surface area contributed by atoms with Crippen LogP contribution in [-0.2, 0) is 21.4 Å². The van der Waals surface area contributed by atoms with Gasteiger partial charge in [0.05, 0.1) is 17.0 Å². The molecular weight excluding hydrogens is 404 g/mol. The van der Waals surface area contributed by atoms with Crippen molar-refractivity contribution in [1.82, 2.24) is 10.3 Å². The maximum absolute atomic E-state index is 12.6.